The molecular weight excluding hydrogens is 424 g/mol. The van der Waals surface area contributed by atoms with E-state index in [2.05, 4.69) is 20.9 Å². The molecule has 34 heavy (non-hydrogen) atoms. The van der Waals surface area contributed by atoms with Crippen molar-refractivity contribution in [3.63, 3.8) is 0 Å². The number of benzene rings is 2. The van der Waals surface area contributed by atoms with Crippen LogP contribution in [0, 0.1) is 0 Å². The van der Waals surface area contributed by atoms with Crippen molar-refractivity contribution in [2.24, 2.45) is 9.98 Å². The van der Waals surface area contributed by atoms with E-state index in [1.807, 2.05) is 60.7 Å². The van der Waals surface area contributed by atoms with Gasteiger partial charge in [-0.3, -0.25) is 31.4 Å². The number of unbranched alkanes of at least 4 members (excludes halogenated alkanes) is 9. The molecule has 0 bridgehead atoms. The molecule has 0 aliphatic carbocycles. The Hall–Kier alpha value is -2.70. The minimum atomic E-state index is 0.599. The summed E-state index contributed by atoms with van der Waals surface area (Å²) in [6.07, 6.45) is 13.6. The number of nitrogens with one attached hydrogen (secondary N) is 2. The van der Waals surface area contributed by atoms with Gasteiger partial charge in [0.2, 0.25) is 0 Å². The van der Waals surface area contributed by atoms with Crippen LogP contribution in [0.2, 0.25) is 0 Å². The predicted molar refractivity (Wildman–Crippen MR) is 140 cm³/mol. The van der Waals surface area contributed by atoms with Crippen molar-refractivity contribution in [3.05, 3.63) is 71.8 Å². The highest BCUT2D eigenvalue weighted by atomic mass is 16.5. The summed E-state index contributed by atoms with van der Waals surface area (Å²) in [5, 5.41) is 18.6. The molecule has 6 nitrogen and oxygen atoms in total. The van der Waals surface area contributed by atoms with Gasteiger partial charge in [0.15, 0.2) is 0 Å². The van der Waals surface area contributed by atoms with Gasteiger partial charge in [-0.05, 0) is 24.0 Å². The van der Waals surface area contributed by atoms with Gasteiger partial charge in [-0.25, -0.2) is 0 Å². The van der Waals surface area contributed by atoms with Crippen LogP contribution in [0.1, 0.15) is 88.2 Å². The molecule has 2 aromatic carbocycles. The lowest BCUT2D eigenvalue weighted by Crippen LogP contribution is -2.19. The molecule has 0 saturated carbocycles. The van der Waals surface area contributed by atoms with Crippen LogP contribution in [0.3, 0.4) is 0 Å². The Morgan fingerprint density at radius 3 is 1.15 bits per heavy atom. The monoisotopic (exact) mass is 466 g/mol. The summed E-state index contributed by atoms with van der Waals surface area (Å²) in [5.41, 5.74) is 6.82. The zero-order valence-corrected chi connectivity index (χ0v) is 20.5. The van der Waals surface area contributed by atoms with E-state index < -0.39 is 0 Å². The van der Waals surface area contributed by atoms with E-state index in [0.29, 0.717) is 24.8 Å². The fraction of sp³-hybridized carbons (Fsp3) is 0.500. The highest BCUT2D eigenvalue weighted by Crippen LogP contribution is 2.13. The van der Waals surface area contributed by atoms with E-state index in [0.717, 1.165) is 36.8 Å². The molecule has 0 radical (unpaired) electrons. The van der Waals surface area contributed by atoms with E-state index in [1.54, 1.807) is 0 Å². The van der Waals surface area contributed by atoms with Crippen LogP contribution in [0.4, 0.5) is 0 Å². The Morgan fingerprint density at radius 2 is 0.824 bits per heavy atom. The molecule has 0 unspecified atom stereocenters. The van der Waals surface area contributed by atoms with Gasteiger partial charge < -0.3 is 0 Å². The van der Waals surface area contributed by atoms with Crippen LogP contribution < -0.4 is 11.0 Å². The van der Waals surface area contributed by atoms with Gasteiger partial charge in [-0.1, -0.05) is 112 Å². The third kappa shape index (κ3) is 13.1. The van der Waals surface area contributed by atoms with Gasteiger partial charge in [0.05, 0.1) is 13.1 Å². The van der Waals surface area contributed by atoms with Crippen molar-refractivity contribution in [2.75, 3.05) is 0 Å². The number of aliphatic imine (C=N–C) groups is 2. The fourth-order valence-corrected chi connectivity index (χ4v) is 3.88. The summed E-state index contributed by atoms with van der Waals surface area (Å²) in [5.74, 6) is 1.35. The Balaban J connectivity index is 1.41. The molecule has 4 N–H and O–H groups in total. The van der Waals surface area contributed by atoms with E-state index in [1.165, 1.54) is 51.4 Å². The SMILES string of the molecule is ONC(CCCCCCCCCCCCC(=NCc1ccccc1)NO)=NCc1ccccc1. The first-order valence-corrected chi connectivity index (χ1v) is 12.8. The number of nitrogens with zero attached hydrogens (tertiary/aromatic N) is 2. The lowest BCUT2D eigenvalue weighted by atomic mass is 10.0. The minimum Gasteiger partial charge on any atom is -0.290 e. The van der Waals surface area contributed by atoms with Crippen molar-refractivity contribution in [2.45, 2.75) is 90.1 Å². The zero-order chi connectivity index (χ0) is 24.1. The second-order valence-corrected chi connectivity index (χ2v) is 8.76. The Labute approximate surface area is 205 Å². The first kappa shape index (κ1) is 27.5. The highest BCUT2D eigenvalue weighted by Gasteiger charge is 2.00. The molecule has 0 atom stereocenters. The number of rotatable bonds is 17. The molecule has 0 heterocycles. The Bertz CT molecular complexity index is 740. The maximum atomic E-state index is 9.28. The van der Waals surface area contributed by atoms with E-state index in [9.17, 15) is 10.4 Å². The third-order valence-electron chi connectivity index (χ3n) is 5.93. The van der Waals surface area contributed by atoms with Crippen LogP contribution in [0.25, 0.3) is 0 Å². The summed E-state index contributed by atoms with van der Waals surface area (Å²) in [4.78, 5) is 8.93. The van der Waals surface area contributed by atoms with Gasteiger partial charge >= 0.3 is 0 Å². The lowest BCUT2D eigenvalue weighted by molar-refractivity contribution is 0.230. The van der Waals surface area contributed by atoms with Crippen LogP contribution in [-0.4, -0.2) is 22.1 Å². The van der Waals surface area contributed by atoms with Gasteiger partial charge in [-0.15, -0.1) is 0 Å². The minimum absolute atomic E-state index is 0.599. The summed E-state index contributed by atoms with van der Waals surface area (Å²) < 4.78 is 0. The molecule has 0 aliphatic heterocycles. The molecule has 0 aromatic heterocycles. The fourth-order valence-electron chi connectivity index (χ4n) is 3.88. The van der Waals surface area contributed by atoms with E-state index in [4.69, 9.17) is 0 Å². The topological polar surface area (TPSA) is 89.2 Å². The standard InChI is InChI=1S/C28H42N4O2/c33-31-27(29-23-25-17-11-9-12-18-25)21-15-7-5-3-1-2-4-6-8-16-22-28(32-34)30-24-26-19-13-10-14-20-26/h9-14,17-20,33-34H,1-8,15-16,21-24H2,(H,29,31)(H,30,32). The normalized spacial score (nSPS) is 12.1. The van der Waals surface area contributed by atoms with Crippen molar-refractivity contribution < 1.29 is 10.4 Å². The van der Waals surface area contributed by atoms with E-state index >= 15 is 0 Å². The molecule has 186 valence electrons. The summed E-state index contributed by atoms with van der Waals surface area (Å²) in [6.45, 7) is 1.20. The number of amidine groups is 2. The molecule has 2 rings (SSSR count). The van der Waals surface area contributed by atoms with Crippen LogP contribution in [0.15, 0.2) is 70.6 Å². The smallest absolute Gasteiger partial charge is 0.120 e. The Kier molecular flexibility index (Phi) is 15.1. The van der Waals surface area contributed by atoms with E-state index in [-0.39, 0.29) is 0 Å². The Morgan fingerprint density at radius 1 is 0.500 bits per heavy atom. The first-order valence-electron chi connectivity index (χ1n) is 12.8. The maximum Gasteiger partial charge on any atom is 0.120 e. The van der Waals surface area contributed by atoms with Crippen molar-refractivity contribution in [1.29, 1.82) is 0 Å². The van der Waals surface area contributed by atoms with Crippen LogP contribution in [0.5, 0.6) is 0 Å². The first-order chi connectivity index (χ1) is 16.8. The highest BCUT2D eigenvalue weighted by molar-refractivity contribution is 5.81. The average molecular weight is 467 g/mol. The molecule has 6 heteroatoms. The van der Waals surface area contributed by atoms with Crippen molar-refractivity contribution in [1.82, 2.24) is 11.0 Å². The van der Waals surface area contributed by atoms with Crippen molar-refractivity contribution >= 4 is 11.7 Å². The van der Waals surface area contributed by atoms with Gasteiger partial charge in [0.25, 0.3) is 0 Å². The van der Waals surface area contributed by atoms with Gasteiger partial charge in [0.1, 0.15) is 11.7 Å². The van der Waals surface area contributed by atoms with Crippen LogP contribution >= 0.6 is 0 Å². The number of hydrogen-bond acceptors (Lipinski definition) is 4. The molecule has 0 fully saturated rings. The summed E-state index contributed by atoms with van der Waals surface area (Å²) in [7, 11) is 0. The number of hydrogen-bond donors (Lipinski definition) is 4. The molecule has 0 aliphatic rings. The largest absolute Gasteiger partial charge is 0.290 e. The summed E-state index contributed by atoms with van der Waals surface area (Å²) in [6, 6.07) is 20.2. The third-order valence-corrected chi connectivity index (χ3v) is 5.93. The second-order valence-electron chi connectivity index (χ2n) is 8.76. The molecule has 2 aromatic rings. The number of hydroxylamine groups is 2. The lowest BCUT2D eigenvalue weighted by Gasteiger charge is -2.06. The second kappa shape index (κ2) is 18.7. The molecule has 0 saturated heterocycles. The molecular formula is C28H42N4O2. The summed E-state index contributed by atoms with van der Waals surface area (Å²) >= 11 is 0. The zero-order valence-electron chi connectivity index (χ0n) is 20.5. The van der Waals surface area contributed by atoms with Crippen LogP contribution in [-0.2, 0) is 13.1 Å². The predicted octanol–water partition coefficient (Wildman–Crippen LogP) is 6.82. The quantitative estimate of drug-likeness (QED) is 0.0891. The maximum absolute atomic E-state index is 9.28. The average Bonchev–Trinajstić information content (AvgIpc) is 2.89. The van der Waals surface area contributed by atoms with Crippen molar-refractivity contribution in [3.8, 4) is 0 Å². The molecule has 0 spiro atoms. The van der Waals surface area contributed by atoms with Gasteiger partial charge in [-0.2, -0.15) is 0 Å². The van der Waals surface area contributed by atoms with Gasteiger partial charge in [0, 0.05) is 12.8 Å². The molecule has 0 amide bonds.